The first kappa shape index (κ1) is 11.9. The molecule has 0 atom stereocenters. The van der Waals surface area contributed by atoms with Crippen molar-refractivity contribution in [2.75, 3.05) is 5.73 Å². The number of hydrogen-bond acceptors (Lipinski definition) is 3. The van der Waals surface area contributed by atoms with Crippen LogP contribution in [-0.4, -0.2) is 17.0 Å². The Bertz CT molecular complexity index is 529. The van der Waals surface area contributed by atoms with Crippen LogP contribution in [0.1, 0.15) is 15.9 Å². The Hall–Kier alpha value is -2.19. The molecule has 0 radical (unpaired) electrons. The molecule has 1 aromatic rings. The molecule has 0 aromatic heterocycles. The summed E-state index contributed by atoms with van der Waals surface area (Å²) in [6.07, 6.45) is 0. The van der Waals surface area contributed by atoms with Gasteiger partial charge in [-0.05, 0) is 12.1 Å². The van der Waals surface area contributed by atoms with Gasteiger partial charge in [-0.3, -0.25) is 4.79 Å². The summed E-state index contributed by atoms with van der Waals surface area (Å²) in [6.45, 7) is 0. The minimum absolute atomic E-state index is 0.0503. The standard InChI is InChI=1S/C10H7ClN2O3/c11-6-3-5(1-2-8(12)14)9(13)7(4-6)10(15)16/h3-4H,13H2,(H2,12,14)(H,15,16). The van der Waals surface area contributed by atoms with Crippen LogP contribution in [0, 0.1) is 11.8 Å². The minimum atomic E-state index is -1.22. The average Bonchev–Trinajstić information content (AvgIpc) is 2.18. The van der Waals surface area contributed by atoms with Crippen LogP contribution in [0.4, 0.5) is 5.69 Å². The number of anilines is 1. The van der Waals surface area contributed by atoms with Crippen molar-refractivity contribution < 1.29 is 14.7 Å². The van der Waals surface area contributed by atoms with Crippen molar-refractivity contribution in [1.82, 2.24) is 0 Å². The fourth-order valence-electron chi connectivity index (χ4n) is 1.03. The fourth-order valence-corrected chi connectivity index (χ4v) is 1.25. The Kier molecular flexibility index (Phi) is 3.38. The summed E-state index contributed by atoms with van der Waals surface area (Å²) >= 11 is 5.68. The molecule has 1 aromatic carbocycles. The number of nitrogen functional groups attached to an aromatic ring is 1. The summed E-state index contributed by atoms with van der Waals surface area (Å²) in [5.74, 6) is 2.35. The van der Waals surface area contributed by atoms with E-state index in [0.29, 0.717) is 0 Å². The van der Waals surface area contributed by atoms with Gasteiger partial charge in [0, 0.05) is 10.9 Å². The van der Waals surface area contributed by atoms with E-state index >= 15 is 0 Å². The van der Waals surface area contributed by atoms with Crippen LogP contribution in [0.2, 0.25) is 5.02 Å². The second kappa shape index (κ2) is 4.55. The zero-order valence-electron chi connectivity index (χ0n) is 7.95. The summed E-state index contributed by atoms with van der Waals surface area (Å²) in [5, 5.41) is 8.98. The van der Waals surface area contributed by atoms with E-state index in [1.165, 1.54) is 12.1 Å². The highest BCUT2D eigenvalue weighted by Crippen LogP contribution is 2.22. The van der Waals surface area contributed by atoms with Crippen molar-refractivity contribution in [1.29, 1.82) is 0 Å². The smallest absolute Gasteiger partial charge is 0.337 e. The number of benzene rings is 1. The van der Waals surface area contributed by atoms with E-state index in [1.807, 2.05) is 0 Å². The molecule has 0 unspecified atom stereocenters. The molecular weight excluding hydrogens is 232 g/mol. The number of nitrogens with two attached hydrogens (primary N) is 2. The molecule has 0 bridgehead atoms. The highest BCUT2D eigenvalue weighted by atomic mass is 35.5. The van der Waals surface area contributed by atoms with Gasteiger partial charge in [-0.25, -0.2) is 4.79 Å². The fraction of sp³-hybridized carbons (Fsp3) is 0. The highest BCUT2D eigenvalue weighted by Gasteiger charge is 2.12. The Balaban J connectivity index is 3.37. The highest BCUT2D eigenvalue weighted by molar-refractivity contribution is 6.31. The normalized spacial score (nSPS) is 9.06. The van der Waals surface area contributed by atoms with E-state index in [1.54, 1.807) is 0 Å². The number of carbonyl (C=O) groups is 2. The molecule has 0 aliphatic heterocycles. The van der Waals surface area contributed by atoms with Crippen LogP contribution in [0.15, 0.2) is 12.1 Å². The van der Waals surface area contributed by atoms with Crippen molar-refractivity contribution in [3.05, 3.63) is 28.3 Å². The van der Waals surface area contributed by atoms with Crippen LogP contribution in [-0.2, 0) is 4.79 Å². The summed E-state index contributed by atoms with van der Waals surface area (Å²) in [7, 11) is 0. The third kappa shape index (κ3) is 2.65. The van der Waals surface area contributed by atoms with E-state index in [4.69, 9.17) is 28.2 Å². The first-order valence-corrected chi connectivity index (χ1v) is 4.43. The number of carboxylic acid groups (broad SMARTS) is 1. The number of rotatable bonds is 1. The molecule has 0 saturated carbocycles. The maximum absolute atomic E-state index is 10.8. The van der Waals surface area contributed by atoms with E-state index in [2.05, 4.69) is 11.8 Å². The first-order valence-electron chi connectivity index (χ1n) is 4.05. The average molecular weight is 239 g/mol. The molecule has 0 aliphatic rings. The number of primary amides is 1. The first-order chi connectivity index (χ1) is 7.41. The SMILES string of the molecule is NC(=O)C#Cc1cc(Cl)cc(C(=O)O)c1N. The number of halogens is 1. The van der Waals surface area contributed by atoms with Crippen LogP contribution in [0.3, 0.4) is 0 Å². The second-order valence-electron chi connectivity index (χ2n) is 2.83. The van der Waals surface area contributed by atoms with Crippen molar-refractivity contribution in [3.63, 3.8) is 0 Å². The lowest BCUT2D eigenvalue weighted by Crippen LogP contribution is -2.07. The van der Waals surface area contributed by atoms with Crippen molar-refractivity contribution in [3.8, 4) is 11.8 Å². The third-order valence-corrected chi connectivity index (χ3v) is 1.91. The third-order valence-electron chi connectivity index (χ3n) is 1.70. The summed E-state index contributed by atoms with van der Waals surface area (Å²) in [6, 6.07) is 2.56. The quantitative estimate of drug-likeness (QED) is 0.488. The Labute approximate surface area is 96.0 Å². The van der Waals surface area contributed by atoms with Crippen LogP contribution < -0.4 is 11.5 Å². The van der Waals surface area contributed by atoms with Gasteiger partial charge in [-0.15, -0.1) is 0 Å². The molecule has 0 fully saturated rings. The maximum Gasteiger partial charge on any atom is 0.337 e. The zero-order chi connectivity index (χ0) is 12.3. The van der Waals surface area contributed by atoms with Gasteiger partial charge < -0.3 is 16.6 Å². The molecule has 0 spiro atoms. The lowest BCUT2D eigenvalue weighted by atomic mass is 10.1. The largest absolute Gasteiger partial charge is 0.478 e. The van der Waals surface area contributed by atoms with Crippen molar-refractivity contribution in [2.24, 2.45) is 5.73 Å². The second-order valence-corrected chi connectivity index (χ2v) is 3.27. The predicted molar refractivity (Wildman–Crippen MR) is 58.9 cm³/mol. The predicted octanol–water partition coefficient (Wildman–Crippen LogP) is 0.457. The number of carbonyl (C=O) groups excluding carboxylic acids is 1. The van der Waals surface area contributed by atoms with Crippen LogP contribution in [0.25, 0.3) is 0 Å². The molecule has 16 heavy (non-hydrogen) atoms. The molecule has 82 valence electrons. The van der Waals surface area contributed by atoms with Gasteiger partial charge in [0.1, 0.15) is 0 Å². The molecule has 5 nitrogen and oxygen atoms in total. The Morgan fingerprint density at radius 3 is 2.50 bits per heavy atom. The summed E-state index contributed by atoms with van der Waals surface area (Å²) in [4.78, 5) is 21.2. The molecule has 0 saturated heterocycles. The summed E-state index contributed by atoms with van der Waals surface area (Å²) in [5.41, 5.74) is 10.3. The molecule has 6 heteroatoms. The van der Waals surface area contributed by atoms with Gasteiger partial charge in [0.05, 0.1) is 16.8 Å². The molecule has 0 aliphatic carbocycles. The van der Waals surface area contributed by atoms with E-state index < -0.39 is 11.9 Å². The van der Waals surface area contributed by atoms with Gasteiger partial charge in [0.25, 0.3) is 5.91 Å². The topological polar surface area (TPSA) is 106 Å². The van der Waals surface area contributed by atoms with Gasteiger partial charge in [-0.1, -0.05) is 17.5 Å². The van der Waals surface area contributed by atoms with E-state index in [9.17, 15) is 9.59 Å². The number of carboxylic acids is 1. The lowest BCUT2D eigenvalue weighted by molar-refractivity contribution is -0.112. The number of hydrogen-bond donors (Lipinski definition) is 3. The van der Waals surface area contributed by atoms with Crippen molar-refractivity contribution >= 4 is 29.2 Å². The monoisotopic (exact) mass is 238 g/mol. The van der Waals surface area contributed by atoms with Crippen molar-refractivity contribution in [2.45, 2.75) is 0 Å². The number of aromatic carboxylic acids is 1. The number of amides is 1. The van der Waals surface area contributed by atoms with Gasteiger partial charge in [-0.2, -0.15) is 0 Å². The minimum Gasteiger partial charge on any atom is -0.478 e. The van der Waals surface area contributed by atoms with Gasteiger partial charge in [0.2, 0.25) is 0 Å². The Morgan fingerprint density at radius 1 is 1.38 bits per heavy atom. The van der Waals surface area contributed by atoms with Gasteiger partial charge >= 0.3 is 5.97 Å². The lowest BCUT2D eigenvalue weighted by Gasteiger charge is -2.04. The van der Waals surface area contributed by atoms with Crippen LogP contribution >= 0.6 is 11.6 Å². The Morgan fingerprint density at radius 2 is 2.00 bits per heavy atom. The van der Waals surface area contributed by atoms with Crippen LogP contribution in [0.5, 0.6) is 0 Å². The zero-order valence-corrected chi connectivity index (χ0v) is 8.71. The van der Waals surface area contributed by atoms with Gasteiger partial charge in [0.15, 0.2) is 0 Å². The maximum atomic E-state index is 10.8. The molecular formula is C10H7ClN2O3. The molecule has 1 amide bonds. The van der Waals surface area contributed by atoms with E-state index in [-0.39, 0.29) is 21.8 Å². The molecule has 5 N–H and O–H groups in total. The summed E-state index contributed by atoms with van der Waals surface area (Å²) < 4.78 is 0. The van der Waals surface area contributed by atoms with E-state index in [0.717, 1.165) is 0 Å². The molecule has 0 heterocycles. The molecule has 1 rings (SSSR count).